The zero-order valence-corrected chi connectivity index (χ0v) is 9.51. The number of hydrogen-bond acceptors (Lipinski definition) is 3. The van der Waals surface area contributed by atoms with Gasteiger partial charge in [0, 0.05) is 4.90 Å². The number of aryl methyl sites for hydroxylation is 1. The molecule has 0 aromatic heterocycles. The van der Waals surface area contributed by atoms with E-state index in [1.807, 2.05) is 13.2 Å². The molecule has 0 spiro atoms. The lowest BCUT2D eigenvalue weighted by atomic mass is 10.2. The maximum atomic E-state index is 10.5. The van der Waals surface area contributed by atoms with Crippen LogP contribution in [0.2, 0.25) is 0 Å². The highest BCUT2D eigenvalue weighted by Crippen LogP contribution is 2.38. The first-order chi connectivity index (χ1) is 6.42. The molecule has 0 saturated heterocycles. The summed E-state index contributed by atoms with van der Waals surface area (Å²) in [6.07, 6.45) is 1.94. The number of hydrogen-bond donors (Lipinski definition) is 2. The van der Waals surface area contributed by atoms with Crippen molar-refractivity contribution >= 4 is 19.6 Å². The summed E-state index contributed by atoms with van der Waals surface area (Å²) in [4.78, 5) is 18.2. The summed E-state index contributed by atoms with van der Waals surface area (Å²) >= 11 is 1.57. The minimum absolute atomic E-state index is 0.189. The topological polar surface area (TPSA) is 66.8 Å². The Morgan fingerprint density at radius 1 is 1.43 bits per heavy atom. The van der Waals surface area contributed by atoms with Crippen LogP contribution in [0.5, 0.6) is 5.75 Å². The van der Waals surface area contributed by atoms with Gasteiger partial charge >= 0.3 is 7.82 Å². The molecule has 0 aliphatic carbocycles. The normalized spacial score (nSPS) is 11.4. The predicted molar refractivity (Wildman–Crippen MR) is 55.6 cm³/mol. The third kappa shape index (κ3) is 3.35. The van der Waals surface area contributed by atoms with Crippen molar-refractivity contribution in [1.29, 1.82) is 0 Å². The highest BCUT2D eigenvalue weighted by atomic mass is 32.2. The Kier molecular flexibility index (Phi) is 3.61. The molecule has 2 N–H and O–H groups in total. The molecular weight excluding hydrogens is 223 g/mol. The summed E-state index contributed by atoms with van der Waals surface area (Å²) in [5, 5.41) is 0. The van der Waals surface area contributed by atoms with Crippen LogP contribution in [-0.2, 0) is 4.57 Å². The first-order valence-corrected chi connectivity index (χ1v) is 6.57. The molecule has 0 aliphatic rings. The van der Waals surface area contributed by atoms with E-state index in [1.165, 1.54) is 6.07 Å². The lowest BCUT2D eigenvalue weighted by Crippen LogP contribution is -1.90. The summed E-state index contributed by atoms with van der Waals surface area (Å²) < 4.78 is 15.0. The molecule has 14 heavy (non-hydrogen) atoms. The van der Waals surface area contributed by atoms with Crippen LogP contribution in [-0.4, -0.2) is 16.0 Å². The second kappa shape index (κ2) is 4.36. The molecule has 0 radical (unpaired) electrons. The van der Waals surface area contributed by atoms with Crippen LogP contribution in [0, 0.1) is 6.92 Å². The van der Waals surface area contributed by atoms with E-state index in [1.54, 1.807) is 23.9 Å². The van der Waals surface area contributed by atoms with Crippen LogP contribution in [0.4, 0.5) is 0 Å². The summed E-state index contributed by atoms with van der Waals surface area (Å²) in [5.41, 5.74) is 0.934. The van der Waals surface area contributed by atoms with Gasteiger partial charge in [-0.1, -0.05) is 0 Å². The fraction of sp³-hybridized carbons (Fsp3) is 0.250. The highest BCUT2D eigenvalue weighted by molar-refractivity contribution is 7.98. The van der Waals surface area contributed by atoms with E-state index in [0.29, 0.717) is 0 Å². The van der Waals surface area contributed by atoms with Crippen molar-refractivity contribution in [2.45, 2.75) is 11.8 Å². The van der Waals surface area contributed by atoms with E-state index in [2.05, 4.69) is 4.52 Å². The lowest BCUT2D eigenvalue weighted by Gasteiger charge is -2.08. The molecule has 0 fully saturated rings. The number of phosphoric ester groups is 1. The van der Waals surface area contributed by atoms with E-state index in [4.69, 9.17) is 9.79 Å². The SMILES string of the molecule is CSc1ccc(OP(=O)(O)O)cc1C. The second-order valence-electron chi connectivity index (χ2n) is 2.71. The average molecular weight is 234 g/mol. The van der Waals surface area contributed by atoms with Crippen molar-refractivity contribution in [2.75, 3.05) is 6.26 Å². The summed E-state index contributed by atoms with van der Waals surface area (Å²) in [5.74, 6) is 0.189. The van der Waals surface area contributed by atoms with Crippen LogP contribution >= 0.6 is 19.6 Å². The van der Waals surface area contributed by atoms with Gasteiger partial charge in [-0.05, 0) is 36.9 Å². The Balaban J connectivity index is 2.92. The van der Waals surface area contributed by atoms with E-state index in [0.717, 1.165) is 10.5 Å². The maximum Gasteiger partial charge on any atom is 0.524 e. The van der Waals surface area contributed by atoms with E-state index >= 15 is 0 Å². The van der Waals surface area contributed by atoms with Gasteiger partial charge in [-0.15, -0.1) is 11.8 Å². The maximum absolute atomic E-state index is 10.5. The van der Waals surface area contributed by atoms with E-state index in [9.17, 15) is 4.57 Å². The van der Waals surface area contributed by atoms with Gasteiger partial charge in [0.1, 0.15) is 5.75 Å². The zero-order valence-electron chi connectivity index (χ0n) is 7.80. The standard InChI is InChI=1S/C8H11O4PS/c1-6-5-7(12-13(9,10)11)3-4-8(6)14-2/h3-5H,1-2H3,(H2,9,10,11). The molecule has 0 unspecified atom stereocenters. The molecule has 1 rings (SSSR count). The molecular formula is C8H11O4PS. The zero-order chi connectivity index (χ0) is 10.8. The molecule has 1 aromatic carbocycles. The number of rotatable bonds is 3. The molecule has 0 amide bonds. The fourth-order valence-corrected chi connectivity index (χ4v) is 2.02. The summed E-state index contributed by atoms with van der Waals surface area (Å²) in [7, 11) is -4.44. The second-order valence-corrected chi connectivity index (χ2v) is 4.73. The van der Waals surface area contributed by atoms with E-state index < -0.39 is 7.82 Å². The molecule has 1 aromatic rings. The van der Waals surface area contributed by atoms with Gasteiger partial charge in [0.05, 0.1) is 0 Å². The first kappa shape index (κ1) is 11.6. The quantitative estimate of drug-likeness (QED) is 0.619. The summed E-state index contributed by atoms with van der Waals surface area (Å²) in [6, 6.07) is 4.91. The monoisotopic (exact) mass is 234 g/mol. The van der Waals surface area contributed by atoms with Gasteiger partial charge in [-0.2, -0.15) is 0 Å². The Morgan fingerprint density at radius 2 is 2.07 bits per heavy atom. The van der Waals surface area contributed by atoms with Gasteiger partial charge in [0.25, 0.3) is 0 Å². The fourth-order valence-electron chi connectivity index (χ4n) is 1.05. The molecule has 0 saturated carbocycles. The molecule has 0 bridgehead atoms. The molecule has 78 valence electrons. The minimum Gasteiger partial charge on any atom is -0.404 e. The van der Waals surface area contributed by atoms with Crippen molar-refractivity contribution in [3.63, 3.8) is 0 Å². The Labute approximate surface area is 86.5 Å². The predicted octanol–water partition coefficient (Wildman–Crippen LogP) is 2.19. The lowest BCUT2D eigenvalue weighted by molar-refractivity contribution is 0.283. The molecule has 0 heterocycles. The van der Waals surface area contributed by atoms with Crippen molar-refractivity contribution in [2.24, 2.45) is 0 Å². The Hall–Kier alpha value is -0.480. The van der Waals surface area contributed by atoms with Gasteiger partial charge < -0.3 is 4.52 Å². The van der Waals surface area contributed by atoms with Crippen LogP contribution in [0.25, 0.3) is 0 Å². The Morgan fingerprint density at radius 3 is 2.50 bits per heavy atom. The number of benzene rings is 1. The van der Waals surface area contributed by atoms with Crippen molar-refractivity contribution in [3.8, 4) is 5.75 Å². The van der Waals surface area contributed by atoms with Crippen LogP contribution in [0.1, 0.15) is 5.56 Å². The van der Waals surface area contributed by atoms with Crippen molar-refractivity contribution in [1.82, 2.24) is 0 Å². The van der Waals surface area contributed by atoms with Crippen molar-refractivity contribution < 1.29 is 18.9 Å². The molecule has 0 atom stereocenters. The smallest absolute Gasteiger partial charge is 0.404 e. The largest absolute Gasteiger partial charge is 0.524 e. The molecule has 0 aliphatic heterocycles. The highest BCUT2D eigenvalue weighted by Gasteiger charge is 2.15. The number of phosphoric acid groups is 1. The van der Waals surface area contributed by atoms with Gasteiger partial charge in [0.15, 0.2) is 0 Å². The van der Waals surface area contributed by atoms with Crippen LogP contribution in [0.3, 0.4) is 0 Å². The van der Waals surface area contributed by atoms with Crippen LogP contribution < -0.4 is 4.52 Å². The number of thioether (sulfide) groups is 1. The third-order valence-corrected chi connectivity index (χ3v) is 2.94. The average Bonchev–Trinajstić information content (AvgIpc) is 2.01. The minimum atomic E-state index is -4.44. The van der Waals surface area contributed by atoms with Gasteiger partial charge in [0.2, 0.25) is 0 Å². The molecule has 6 heteroatoms. The Bertz CT molecular complexity index is 374. The van der Waals surface area contributed by atoms with Crippen LogP contribution in [0.15, 0.2) is 23.1 Å². The van der Waals surface area contributed by atoms with Gasteiger partial charge in [-0.3, -0.25) is 9.79 Å². The molecule has 4 nitrogen and oxygen atoms in total. The first-order valence-electron chi connectivity index (χ1n) is 3.82. The van der Waals surface area contributed by atoms with E-state index in [-0.39, 0.29) is 5.75 Å². The van der Waals surface area contributed by atoms with Crippen molar-refractivity contribution in [3.05, 3.63) is 23.8 Å². The van der Waals surface area contributed by atoms with Gasteiger partial charge in [-0.25, -0.2) is 4.57 Å². The summed E-state index contributed by atoms with van der Waals surface area (Å²) in [6.45, 7) is 1.86. The third-order valence-electron chi connectivity index (χ3n) is 1.59.